The van der Waals surface area contributed by atoms with Gasteiger partial charge in [-0.25, -0.2) is 0 Å². The zero-order chi connectivity index (χ0) is 23.2. The third kappa shape index (κ3) is 6.07. The van der Waals surface area contributed by atoms with E-state index in [0.29, 0.717) is 12.1 Å². The molecule has 0 unspecified atom stereocenters. The number of hydrogen-bond acceptors (Lipinski definition) is 4. The Balaban J connectivity index is 1.40. The minimum atomic E-state index is -0.00651. The fraction of sp³-hybridized carbons (Fsp3) is 0.500. The Bertz CT molecular complexity index is 1010. The Morgan fingerprint density at radius 2 is 1.91 bits per heavy atom. The number of aliphatic imine (C=N–C) groups is 1. The molecule has 2 aromatic rings. The Kier molecular flexibility index (Phi) is 8.26. The molecule has 0 saturated heterocycles. The molecule has 5 heteroatoms. The monoisotopic (exact) mass is 463 g/mol. The van der Waals surface area contributed by atoms with Gasteiger partial charge in [-0.15, -0.1) is 0 Å². The summed E-state index contributed by atoms with van der Waals surface area (Å²) in [7, 11) is 2.23. The normalized spacial score (nSPS) is 16.1. The summed E-state index contributed by atoms with van der Waals surface area (Å²) in [5.74, 6) is -0.00651. The van der Waals surface area contributed by atoms with E-state index < -0.39 is 0 Å². The predicted octanol–water partition coefficient (Wildman–Crippen LogP) is 6.76. The second-order valence-corrected chi connectivity index (χ2v) is 10.6. The van der Waals surface area contributed by atoms with Crippen molar-refractivity contribution >= 4 is 29.1 Å². The van der Waals surface area contributed by atoms with Crippen molar-refractivity contribution in [2.75, 3.05) is 20.1 Å². The van der Waals surface area contributed by atoms with Crippen LogP contribution in [-0.2, 0) is 0 Å². The van der Waals surface area contributed by atoms with Crippen LogP contribution in [-0.4, -0.2) is 42.7 Å². The maximum Gasteiger partial charge on any atom is 0.251 e. The zero-order valence-electron chi connectivity index (χ0n) is 20.3. The van der Waals surface area contributed by atoms with E-state index in [1.807, 2.05) is 18.2 Å². The van der Waals surface area contributed by atoms with E-state index in [0.717, 1.165) is 48.1 Å². The Morgan fingerprint density at radius 3 is 2.70 bits per heavy atom. The van der Waals surface area contributed by atoms with E-state index in [-0.39, 0.29) is 5.91 Å². The fourth-order valence-corrected chi connectivity index (χ4v) is 5.88. The van der Waals surface area contributed by atoms with Gasteiger partial charge in [0.15, 0.2) is 0 Å². The highest BCUT2D eigenvalue weighted by Gasteiger charge is 2.20. The number of fused-ring (bicyclic) bond motifs is 2. The van der Waals surface area contributed by atoms with Crippen LogP contribution in [0.4, 0.5) is 5.69 Å². The van der Waals surface area contributed by atoms with Crippen molar-refractivity contribution in [1.29, 1.82) is 0 Å². The van der Waals surface area contributed by atoms with Gasteiger partial charge >= 0.3 is 0 Å². The molecule has 0 radical (unpaired) electrons. The summed E-state index contributed by atoms with van der Waals surface area (Å²) in [6.07, 6.45) is 9.69. The van der Waals surface area contributed by atoms with Crippen molar-refractivity contribution in [2.24, 2.45) is 4.99 Å². The first-order valence-corrected chi connectivity index (χ1v) is 13.4. The minimum Gasteiger partial charge on any atom is -0.352 e. The molecule has 33 heavy (non-hydrogen) atoms. The summed E-state index contributed by atoms with van der Waals surface area (Å²) in [5, 5.41) is 3.12. The van der Waals surface area contributed by atoms with Crippen LogP contribution < -0.4 is 5.32 Å². The quantitative estimate of drug-likeness (QED) is 0.440. The highest BCUT2D eigenvalue weighted by Crippen LogP contribution is 2.41. The van der Waals surface area contributed by atoms with Gasteiger partial charge in [-0.1, -0.05) is 56.0 Å². The first kappa shape index (κ1) is 24.0. The van der Waals surface area contributed by atoms with Gasteiger partial charge in [0, 0.05) is 39.2 Å². The van der Waals surface area contributed by atoms with Gasteiger partial charge < -0.3 is 10.2 Å². The molecule has 1 N–H and O–H groups in total. The van der Waals surface area contributed by atoms with Crippen LogP contribution in [0.2, 0.25) is 0 Å². The van der Waals surface area contributed by atoms with Crippen LogP contribution in [0, 0.1) is 6.92 Å². The Morgan fingerprint density at radius 1 is 1.12 bits per heavy atom. The van der Waals surface area contributed by atoms with Crippen LogP contribution in [0.3, 0.4) is 0 Å². The van der Waals surface area contributed by atoms with Gasteiger partial charge in [0.25, 0.3) is 5.91 Å². The first-order valence-electron chi connectivity index (χ1n) is 12.5. The van der Waals surface area contributed by atoms with Gasteiger partial charge in [-0.2, -0.15) is 0 Å². The number of nitrogens with zero attached hydrogens (tertiary/aromatic N) is 2. The molecule has 1 fully saturated rings. The molecule has 1 amide bonds. The summed E-state index contributed by atoms with van der Waals surface area (Å²) in [6, 6.07) is 13.3. The molecule has 1 saturated carbocycles. The molecule has 1 aliphatic heterocycles. The van der Waals surface area contributed by atoms with Crippen molar-refractivity contribution in [1.82, 2.24) is 10.2 Å². The van der Waals surface area contributed by atoms with E-state index in [1.165, 1.54) is 48.1 Å². The average molecular weight is 464 g/mol. The highest BCUT2D eigenvalue weighted by molar-refractivity contribution is 7.99. The van der Waals surface area contributed by atoms with Gasteiger partial charge in [0.2, 0.25) is 0 Å². The summed E-state index contributed by atoms with van der Waals surface area (Å²) >= 11 is 1.75. The van der Waals surface area contributed by atoms with Crippen molar-refractivity contribution in [3.8, 4) is 0 Å². The number of amides is 1. The molecule has 0 bridgehead atoms. The zero-order valence-corrected chi connectivity index (χ0v) is 21.1. The standard InChI is InChI=1S/C28H37N3OS/c1-4-9-24-23-18-20(2)12-14-26(23)33-27-15-13-21(19-25(27)30-24)28(32)29-16-8-17-31(3)22-10-6-5-7-11-22/h12-15,18-19,22H,4-11,16-17H2,1-3H3,(H,29,32). The molecule has 1 aliphatic carbocycles. The fourth-order valence-electron chi connectivity index (χ4n) is 4.88. The lowest BCUT2D eigenvalue weighted by atomic mass is 9.94. The van der Waals surface area contributed by atoms with E-state index >= 15 is 0 Å². The van der Waals surface area contributed by atoms with Gasteiger partial charge in [0.1, 0.15) is 0 Å². The topological polar surface area (TPSA) is 44.7 Å². The average Bonchev–Trinajstić information content (AvgIpc) is 2.98. The van der Waals surface area contributed by atoms with E-state index in [9.17, 15) is 4.79 Å². The van der Waals surface area contributed by atoms with Gasteiger partial charge in [-0.3, -0.25) is 9.79 Å². The third-order valence-electron chi connectivity index (χ3n) is 6.80. The molecule has 0 atom stereocenters. The molecule has 0 aromatic heterocycles. The summed E-state index contributed by atoms with van der Waals surface area (Å²) in [6.45, 7) is 6.05. The summed E-state index contributed by atoms with van der Waals surface area (Å²) in [5.41, 5.74) is 5.19. The SMILES string of the molecule is CCCC1=Nc2cc(C(=O)NCCCN(C)C3CCCCC3)ccc2Sc2ccc(C)cc21. The lowest BCUT2D eigenvalue weighted by Gasteiger charge is -2.31. The Hall–Kier alpha value is -2.11. The highest BCUT2D eigenvalue weighted by atomic mass is 32.2. The largest absolute Gasteiger partial charge is 0.352 e. The molecule has 4 nitrogen and oxygen atoms in total. The van der Waals surface area contributed by atoms with E-state index in [2.05, 4.69) is 49.3 Å². The molecule has 0 spiro atoms. The smallest absolute Gasteiger partial charge is 0.251 e. The number of rotatable bonds is 8. The van der Waals surface area contributed by atoms with Gasteiger partial charge in [-0.05, 0) is 76.5 Å². The summed E-state index contributed by atoms with van der Waals surface area (Å²) < 4.78 is 0. The van der Waals surface area contributed by atoms with Crippen molar-refractivity contribution in [3.63, 3.8) is 0 Å². The lowest BCUT2D eigenvalue weighted by molar-refractivity contribution is 0.0950. The Labute approximate surface area is 203 Å². The maximum absolute atomic E-state index is 12.9. The minimum absolute atomic E-state index is 0.00651. The third-order valence-corrected chi connectivity index (χ3v) is 7.94. The molecule has 2 aliphatic rings. The number of hydrogen-bond donors (Lipinski definition) is 1. The molecule has 1 heterocycles. The van der Waals surface area contributed by atoms with Crippen molar-refractivity contribution in [2.45, 2.75) is 81.0 Å². The number of nitrogens with one attached hydrogen (secondary N) is 1. The van der Waals surface area contributed by atoms with Gasteiger partial charge in [0.05, 0.1) is 5.69 Å². The van der Waals surface area contributed by atoms with E-state index in [4.69, 9.17) is 4.99 Å². The molecule has 2 aromatic carbocycles. The second-order valence-electron chi connectivity index (χ2n) is 9.47. The lowest BCUT2D eigenvalue weighted by Crippen LogP contribution is -2.35. The van der Waals surface area contributed by atoms with Crippen molar-refractivity contribution in [3.05, 3.63) is 53.1 Å². The first-order chi connectivity index (χ1) is 16.0. The van der Waals surface area contributed by atoms with E-state index in [1.54, 1.807) is 11.8 Å². The second kappa shape index (κ2) is 11.3. The van der Waals surface area contributed by atoms with Crippen LogP contribution >= 0.6 is 11.8 Å². The molecular weight excluding hydrogens is 426 g/mol. The van der Waals surface area contributed by atoms with Crippen LogP contribution in [0.15, 0.2) is 51.2 Å². The predicted molar refractivity (Wildman–Crippen MR) is 139 cm³/mol. The number of benzene rings is 2. The number of aryl methyl sites for hydroxylation is 1. The number of carbonyl (C=O) groups excluding carboxylic acids is 1. The van der Waals surface area contributed by atoms with Crippen molar-refractivity contribution < 1.29 is 4.79 Å². The molecular formula is C28H37N3OS. The van der Waals surface area contributed by atoms with Crippen LogP contribution in [0.5, 0.6) is 0 Å². The molecule has 176 valence electrons. The maximum atomic E-state index is 12.9. The number of carbonyl (C=O) groups is 1. The van der Waals surface area contributed by atoms with Crippen LogP contribution in [0.1, 0.15) is 79.8 Å². The molecule has 4 rings (SSSR count). The van der Waals surface area contributed by atoms with Crippen LogP contribution in [0.25, 0.3) is 0 Å². The summed E-state index contributed by atoms with van der Waals surface area (Å²) in [4.78, 5) is 22.7.